The fraction of sp³-hybridized carbons (Fsp3) is 0. The molecule has 0 fully saturated rings. The maximum absolute atomic E-state index is 12.0. The Morgan fingerprint density at radius 2 is 1.92 bits per heavy atom. The monoisotopic (exact) mass is 372 g/mol. The number of halogens is 1. The SMILES string of the molecule is Nc1csc(NN=Cc2ccc(OC(=O)c3ccc(Cl)cc3)cc2)n1. The number of esters is 1. The number of carbonyl (C=O) groups is 1. The number of nitrogens with two attached hydrogens (primary N) is 1. The van der Waals surface area contributed by atoms with E-state index in [-0.39, 0.29) is 0 Å². The third kappa shape index (κ3) is 4.79. The minimum atomic E-state index is -0.443. The fourth-order valence-corrected chi connectivity index (χ4v) is 2.55. The summed E-state index contributed by atoms with van der Waals surface area (Å²) >= 11 is 7.16. The number of thiazole rings is 1. The van der Waals surface area contributed by atoms with Gasteiger partial charge in [0.05, 0.1) is 11.8 Å². The normalized spacial score (nSPS) is 10.8. The average Bonchev–Trinajstić information content (AvgIpc) is 3.02. The molecule has 25 heavy (non-hydrogen) atoms. The van der Waals surface area contributed by atoms with E-state index >= 15 is 0 Å². The number of nitrogens with zero attached hydrogens (tertiary/aromatic N) is 2. The number of ether oxygens (including phenoxy) is 1. The van der Waals surface area contributed by atoms with E-state index in [9.17, 15) is 4.79 Å². The first-order valence-electron chi connectivity index (χ1n) is 7.18. The molecule has 0 atom stereocenters. The smallest absolute Gasteiger partial charge is 0.343 e. The Morgan fingerprint density at radius 1 is 1.20 bits per heavy atom. The summed E-state index contributed by atoms with van der Waals surface area (Å²) in [5.74, 6) is 0.452. The lowest BCUT2D eigenvalue weighted by Gasteiger charge is -2.04. The van der Waals surface area contributed by atoms with E-state index in [4.69, 9.17) is 22.1 Å². The Hall–Kier alpha value is -2.90. The molecule has 3 rings (SSSR count). The van der Waals surface area contributed by atoms with Gasteiger partial charge in [0.1, 0.15) is 11.6 Å². The van der Waals surface area contributed by atoms with Crippen LogP contribution in [0.5, 0.6) is 5.75 Å². The molecule has 0 aliphatic heterocycles. The molecule has 0 aliphatic rings. The molecule has 0 amide bonds. The van der Waals surface area contributed by atoms with E-state index in [0.717, 1.165) is 5.56 Å². The maximum Gasteiger partial charge on any atom is 0.343 e. The van der Waals surface area contributed by atoms with Crippen LogP contribution in [-0.4, -0.2) is 17.2 Å². The van der Waals surface area contributed by atoms with E-state index in [1.165, 1.54) is 11.3 Å². The number of carbonyl (C=O) groups excluding carboxylic acids is 1. The average molecular weight is 373 g/mol. The Kier molecular flexibility index (Phi) is 5.27. The van der Waals surface area contributed by atoms with Crippen molar-refractivity contribution in [1.29, 1.82) is 0 Å². The number of hydrogen-bond donors (Lipinski definition) is 2. The minimum Gasteiger partial charge on any atom is -0.423 e. The van der Waals surface area contributed by atoms with Crippen molar-refractivity contribution in [2.75, 3.05) is 11.2 Å². The van der Waals surface area contributed by atoms with Gasteiger partial charge < -0.3 is 10.5 Å². The van der Waals surface area contributed by atoms with Gasteiger partial charge >= 0.3 is 5.97 Å². The van der Waals surface area contributed by atoms with Gasteiger partial charge in [-0.15, -0.1) is 11.3 Å². The molecule has 0 spiro atoms. The molecule has 6 nitrogen and oxygen atoms in total. The van der Waals surface area contributed by atoms with Gasteiger partial charge in [0.25, 0.3) is 0 Å². The maximum atomic E-state index is 12.0. The van der Waals surface area contributed by atoms with E-state index in [0.29, 0.717) is 27.3 Å². The van der Waals surface area contributed by atoms with E-state index in [2.05, 4.69) is 15.5 Å². The van der Waals surface area contributed by atoms with Gasteiger partial charge in [0.2, 0.25) is 5.13 Å². The zero-order chi connectivity index (χ0) is 17.6. The van der Waals surface area contributed by atoms with Crippen molar-refractivity contribution in [3.05, 3.63) is 70.1 Å². The van der Waals surface area contributed by atoms with Gasteiger partial charge in [0, 0.05) is 10.4 Å². The van der Waals surface area contributed by atoms with Crippen LogP contribution in [0.15, 0.2) is 59.0 Å². The lowest BCUT2D eigenvalue weighted by atomic mass is 10.2. The predicted octanol–water partition coefficient (Wildman–Crippen LogP) is 4.04. The van der Waals surface area contributed by atoms with Crippen molar-refractivity contribution in [2.45, 2.75) is 0 Å². The largest absolute Gasteiger partial charge is 0.423 e. The van der Waals surface area contributed by atoms with Crippen molar-refractivity contribution in [3.8, 4) is 5.75 Å². The summed E-state index contributed by atoms with van der Waals surface area (Å²) in [4.78, 5) is 16.1. The highest BCUT2D eigenvalue weighted by molar-refractivity contribution is 7.14. The molecule has 3 aromatic rings. The summed E-state index contributed by atoms with van der Waals surface area (Å²) in [6.07, 6.45) is 1.63. The summed E-state index contributed by atoms with van der Waals surface area (Å²) in [6, 6.07) is 13.5. The number of hydrogen-bond acceptors (Lipinski definition) is 7. The van der Waals surface area contributed by atoms with Crippen molar-refractivity contribution in [1.82, 2.24) is 4.98 Å². The lowest BCUT2D eigenvalue weighted by molar-refractivity contribution is 0.0735. The van der Waals surface area contributed by atoms with Crippen LogP contribution in [0.3, 0.4) is 0 Å². The summed E-state index contributed by atoms with van der Waals surface area (Å²) in [5, 5.41) is 6.97. The van der Waals surface area contributed by atoms with Crippen LogP contribution in [0.4, 0.5) is 10.9 Å². The number of anilines is 2. The third-order valence-electron chi connectivity index (χ3n) is 3.07. The van der Waals surface area contributed by atoms with E-state index in [1.807, 2.05) is 0 Å². The first kappa shape index (κ1) is 16.9. The molecule has 8 heteroatoms. The molecule has 1 aromatic heterocycles. The summed E-state index contributed by atoms with van der Waals surface area (Å²) < 4.78 is 5.31. The Bertz CT molecular complexity index is 892. The molecular formula is C17H13ClN4O2S. The van der Waals surface area contributed by atoms with Gasteiger partial charge in [0.15, 0.2) is 0 Å². The van der Waals surface area contributed by atoms with Crippen LogP contribution in [0, 0.1) is 0 Å². The molecule has 0 saturated carbocycles. The van der Waals surface area contributed by atoms with Crippen LogP contribution in [0.1, 0.15) is 15.9 Å². The first-order chi connectivity index (χ1) is 12.1. The van der Waals surface area contributed by atoms with Gasteiger partial charge in [-0.25, -0.2) is 9.78 Å². The minimum absolute atomic E-state index is 0.432. The molecule has 0 aliphatic carbocycles. The zero-order valence-electron chi connectivity index (χ0n) is 12.8. The molecule has 2 aromatic carbocycles. The highest BCUT2D eigenvalue weighted by Crippen LogP contribution is 2.17. The van der Waals surface area contributed by atoms with E-state index < -0.39 is 5.97 Å². The number of hydrazone groups is 1. The summed E-state index contributed by atoms with van der Waals surface area (Å²) in [5.41, 5.74) is 9.58. The van der Waals surface area contributed by atoms with Crippen LogP contribution in [-0.2, 0) is 0 Å². The molecule has 0 saturated heterocycles. The second-order valence-electron chi connectivity index (χ2n) is 4.91. The Morgan fingerprint density at radius 3 is 2.56 bits per heavy atom. The third-order valence-corrected chi connectivity index (χ3v) is 4.08. The number of benzene rings is 2. The van der Waals surface area contributed by atoms with E-state index in [1.54, 1.807) is 60.1 Å². The standard InChI is InChI=1S/C17H13ClN4O2S/c18-13-5-3-12(4-6-13)16(23)24-14-7-1-11(2-8-14)9-20-22-17-21-15(19)10-25-17/h1-10H,19H2,(H,21,22). The molecule has 0 radical (unpaired) electrons. The highest BCUT2D eigenvalue weighted by atomic mass is 35.5. The van der Waals surface area contributed by atoms with Gasteiger partial charge in [-0.05, 0) is 54.1 Å². The summed E-state index contributed by atoms with van der Waals surface area (Å²) in [6.45, 7) is 0. The van der Waals surface area contributed by atoms with Crippen molar-refractivity contribution < 1.29 is 9.53 Å². The van der Waals surface area contributed by atoms with Crippen LogP contribution < -0.4 is 15.9 Å². The lowest BCUT2D eigenvalue weighted by Crippen LogP contribution is -2.08. The topological polar surface area (TPSA) is 89.6 Å². The van der Waals surface area contributed by atoms with Crippen LogP contribution in [0.2, 0.25) is 5.02 Å². The Balaban J connectivity index is 1.58. The zero-order valence-corrected chi connectivity index (χ0v) is 14.4. The number of nitrogens with one attached hydrogen (secondary N) is 1. The number of aromatic nitrogens is 1. The fourth-order valence-electron chi connectivity index (χ4n) is 1.87. The predicted molar refractivity (Wildman–Crippen MR) is 101 cm³/mol. The van der Waals surface area contributed by atoms with Gasteiger partial charge in [-0.1, -0.05) is 11.6 Å². The number of nitrogen functional groups attached to an aromatic ring is 1. The van der Waals surface area contributed by atoms with Crippen molar-refractivity contribution >= 4 is 46.1 Å². The highest BCUT2D eigenvalue weighted by Gasteiger charge is 2.08. The molecule has 1 heterocycles. The van der Waals surface area contributed by atoms with Gasteiger partial charge in [-0.2, -0.15) is 5.10 Å². The first-order valence-corrected chi connectivity index (χ1v) is 8.44. The quantitative estimate of drug-likeness (QED) is 0.305. The van der Waals surface area contributed by atoms with Crippen molar-refractivity contribution in [2.24, 2.45) is 5.10 Å². The molecule has 3 N–H and O–H groups in total. The van der Waals surface area contributed by atoms with Crippen molar-refractivity contribution in [3.63, 3.8) is 0 Å². The van der Waals surface area contributed by atoms with Crippen LogP contribution in [0.25, 0.3) is 0 Å². The second-order valence-corrected chi connectivity index (χ2v) is 6.21. The molecule has 0 bridgehead atoms. The van der Waals surface area contributed by atoms with Crippen LogP contribution >= 0.6 is 22.9 Å². The molecule has 126 valence electrons. The summed E-state index contributed by atoms with van der Waals surface area (Å²) in [7, 11) is 0. The number of rotatable bonds is 5. The molecular weight excluding hydrogens is 360 g/mol. The molecule has 0 unspecified atom stereocenters. The second kappa shape index (κ2) is 7.78. The Labute approximate surface area is 152 Å². The van der Waals surface area contributed by atoms with Gasteiger partial charge in [-0.3, -0.25) is 5.43 Å².